The summed E-state index contributed by atoms with van der Waals surface area (Å²) in [5, 5.41) is 8.05. The van der Waals surface area contributed by atoms with Crippen LogP contribution in [0.3, 0.4) is 0 Å². The zero-order chi connectivity index (χ0) is 53.4. The Bertz CT molecular complexity index is 1790. The molecule has 5 heterocycles. The molecule has 0 saturated carbocycles. The fourth-order valence-electron chi connectivity index (χ4n) is 6.21. The summed E-state index contributed by atoms with van der Waals surface area (Å²) in [5.74, 6) is 7.24. The second-order valence-electron chi connectivity index (χ2n) is 22.2. The van der Waals surface area contributed by atoms with Gasteiger partial charge in [-0.05, 0) is 125 Å². The number of rotatable bonds is 12. The molecule has 7 nitrogen and oxygen atoms in total. The highest BCUT2D eigenvalue weighted by atomic mass is 32.1. The standard InChI is InChI=1S/C12H18.2C11H17N.C10H16N2.C10H16S.C8H15N3/c1-9(2)11-5-7-12(8-6-11)10(3)4;2*1-8(2)10-5-6-11(9(3)4)12-7-10;1-7(2)9-5-11-10(8(3)4)12-6-9;1-7(2)9-5-6-10(11-9)8(3)4;1-6(2)8-5-11(7(3)4)10-9-8/h5-10H,1-4H3;2*5-9H,1-4H3;5-8H,1-4H3;5-8H,1-4H3;5-7H,1-4H3. The molecule has 0 aliphatic carbocycles. The van der Waals surface area contributed by atoms with Gasteiger partial charge in [-0.1, -0.05) is 194 Å². The predicted octanol–water partition coefficient (Wildman–Crippen LogP) is 19.3. The van der Waals surface area contributed by atoms with Gasteiger partial charge in [0, 0.05) is 64.1 Å². The molecule has 8 heteroatoms. The molecule has 0 saturated heterocycles. The normalized spacial score (nSPS) is 11.3. The van der Waals surface area contributed by atoms with Crippen molar-refractivity contribution in [3.63, 3.8) is 0 Å². The third-order valence-corrected chi connectivity index (χ3v) is 13.4. The third-order valence-electron chi connectivity index (χ3n) is 11.7. The SMILES string of the molecule is CC(C)c1ccc(C(C)C)cc1.CC(C)c1ccc(C(C)C)nc1.CC(C)c1ccc(C(C)C)nc1.CC(C)c1ccc(C(C)C)s1.CC(C)c1cn(C(C)C)nn1.CC(C)c1cnc(C(C)C)nc1. The molecule has 0 radical (unpaired) electrons. The molecule has 0 atom stereocenters. The summed E-state index contributed by atoms with van der Waals surface area (Å²) in [5.41, 5.74) is 10.1. The maximum atomic E-state index is 4.40. The molecule has 0 aliphatic heterocycles. The highest BCUT2D eigenvalue weighted by molar-refractivity contribution is 7.12. The number of thiophene rings is 1. The fourth-order valence-corrected chi connectivity index (χ4v) is 7.22. The predicted molar refractivity (Wildman–Crippen MR) is 307 cm³/mol. The Morgan fingerprint density at radius 1 is 0.314 bits per heavy atom. The molecule has 0 N–H and O–H groups in total. The summed E-state index contributed by atoms with van der Waals surface area (Å²) in [7, 11) is 0. The summed E-state index contributed by atoms with van der Waals surface area (Å²) in [6.07, 6.45) is 9.83. The van der Waals surface area contributed by atoms with Gasteiger partial charge in [-0.25, -0.2) is 14.6 Å². The molecule has 0 aliphatic rings. The van der Waals surface area contributed by atoms with Gasteiger partial charge in [0.05, 0.1) is 5.69 Å². The summed E-state index contributed by atoms with van der Waals surface area (Å²) in [6, 6.07) is 22.5. The first-order valence-corrected chi connectivity index (χ1v) is 27.3. The minimum Gasteiger partial charge on any atom is -0.261 e. The van der Waals surface area contributed by atoms with Crippen molar-refractivity contribution in [1.29, 1.82) is 0 Å². The van der Waals surface area contributed by atoms with E-state index in [0.29, 0.717) is 71.1 Å². The van der Waals surface area contributed by atoms with Crippen molar-refractivity contribution in [3.05, 3.63) is 152 Å². The Balaban J connectivity index is 0.000000420. The highest BCUT2D eigenvalue weighted by Crippen LogP contribution is 2.29. The average molecular weight is 975 g/mol. The van der Waals surface area contributed by atoms with Crippen LogP contribution in [-0.4, -0.2) is 34.9 Å². The highest BCUT2D eigenvalue weighted by Gasteiger charge is 2.09. The monoisotopic (exact) mass is 974 g/mol. The van der Waals surface area contributed by atoms with E-state index in [-0.39, 0.29) is 0 Å². The van der Waals surface area contributed by atoms with Crippen LogP contribution in [0.15, 0.2) is 91.6 Å². The van der Waals surface area contributed by atoms with Crippen molar-refractivity contribution < 1.29 is 0 Å². The van der Waals surface area contributed by atoms with Gasteiger partial charge in [0.25, 0.3) is 0 Å². The van der Waals surface area contributed by atoms with Gasteiger partial charge in [0.1, 0.15) is 5.82 Å². The van der Waals surface area contributed by atoms with Crippen LogP contribution < -0.4 is 0 Å². The van der Waals surface area contributed by atoms with Crippen molar-refractivity contribution in [2.45, 2.75) is 237 Å². The molecule has 388 valence electrons. The number of benzene rings is 1. The Morgan fingerprint density at radius 2 is 0.643 bits per heavy atom. The van der Waals surface area contributed by atoms with E-state index in [4.69, 9.17) is 0 Å². The Labute approximate surface area is 433 Å². The van der Waals surface area contributed by atoms with Crippen molar-refractivity contribution in [1.82, 2.24) is 34.9 Å². The fraction of sp³-hybridized carbons (Fsp3) is 0.581. The van der Waals surface area contributed by atoms with E-state index in [2.05, 4.69) is 257 Å². The first kappa shape index (κ1) is 63.5. The molecule has 6 rings (SSSR count). The van der Waals surface area contributed by atoms with Crippen LogP contribution in [0.5, 0.6) is 0 Å². The molecule has 0 fully saturated rings. The van der Waals surface area contributed by atoms with E-state index in [1.165, 1.54) is 49.0 Å². The minimum absolute atomic E-state index is 0.412. The summed E-state index contributed by atoms with van der Waals surface area (Å²) in [4.78, 5) is 20.4. The molecule has 70 heavy (non-hydrogen) atoms. The third kappa shape index (κ3) is 24.0. The van der Waals surface area contributed by atoms with E-state index < -0.39 is 0 Å². The largest absolute Gasteiger partial charge is 0.261 e. The number of pyridine rings is 2. The zero-order valence-electron chi connectivity index (χ0n) is 48.6. The number of aromatic nitrogens is 7. The van der Waals surface area contributed by atoms with Crippen molar-refractivity contribution in [2.24, 2.45) is 0 Å². The number of hydrogen-bond acceptors (Lipinski definition) is 7. The minimum atomic E-state index is 0.412. The van der Waals surface area contributed by atoms with Crippen molar-refractivity contribution in [3.8, 4) is 0 Å². The van der Waals surface area contributed by atoms with Gasteiger partial charge in [0.2, 0.25) is 0 Å². The van der Waals surface area contributed by atoms with Crippen molar-refractivity contribution in [2.75, 3.05) is 0 Å². The van der Waals surface area contributed by atoms with Crippen molar-refractivity contribution >= 4 is 11.3 Å². The van der Waals surface area contributed by atoms with Gasteiger partial charge in [0.15, 0.2) is 0 Å². The van der Waals surface area contributed by atoms with E-state index >= 15 is 0 Å². The van der Waals surface area contributed by atoms with Crippen LogP contribution in [0, 0.1) is 0 Å². The maximum Gasteiger partial charge on any atom is 0.130 e. The van der Waals surface area contributed by atoms with Gasteiger partial charge in [-0.3, -0.25) is 9.97 Å². The maximum absolute atomic E-state index is 4.40. The van der Waals surface area contributed by atoms with Crippen LogP contribution in [0.2, 0.25) is 0 Å². The van der Waals surface area contributed by atoms with E-state index in [1.54, 1.807) is 0 Å². The lowest BCUT2D eigenvalue weighted by molar-refractivity contribution is 0.514. The molecule has 0 unspecified atom stereocenters. The lowest BCUT2D eigenvalue weighted by Gasteiger charge is -2.08. The second kappa shape index (κ2) is 32.4. The topological polar surface area (TPSA) is 82.3 Å². The lowest BCUT2D eigenvalue weighted by atomic mass is 9.97. The van der Waals surface area contributed by atoms with Gasteiger partial charge in [-0.2, -0.15) is 0 Å². The summed E-state index contributed by atoms with van der Waals surface area (Å²) in [6.45, 7) is 52.2. The summed E-state index contributed by atoms with van der Waals surface area (Å²) < 4.78 is 1.88. The van der Waals surface area contributed by atoms with E-state index in [1.807, 2.05) is 47.0 Å². The van der Waals surface area contributed by atoms with Crippen LogP contribution in [0.25, 0.3) is 0 Å². The molecule has 1 aromatic carbocycles. The van der Waals surface area contributed by atoms with Gasteiger partial charge in [-0.15, -0.1) is 16.4 Å². The zero-order valence-corrected chi connectivity index (χ0v) is 49.4. The smallest absolute Gasteiger partial charge is 0.130 e. The summed E-state index contributed by atoms with van der Waals surface area (Å²) >= 11 is 1.95. The molecule has 0 bridgehead atoms. The average Bonchev–Trinajstić information content (AvgIpc) is 4.03. The van der Waals surface area contributed by atoms with E-state index in [9.17, 15) is 0 Å². The first-order valence-electron chi connectivity index (χ1n) is 26.5. The molecule has 5 aromatic heterocycles. The quantitative estimate of drug-likeness (QED) is 0.121. The van der Waals surface area contributed by atoms with Gasteiger partial charge >= 0.3 is 0 Å². The van der Waals surface area contributed by atoms with Crippen LogP contribution >= 0.6 is 11.3 Å². The van der Waals surface area contributed by atoms with Gasteiger partial charge < -0.3 is 0 Å². The Morgan fingerprint density at radius 3 is 0.857 bits per heavy atom. The molecular weight excluding hydrogens is 875 g/mol. The number of hydrogen-bond donors (Lipinski definition) is 0. The van der Waals surface area contributed by atoms with Crippen LogP contribution in [0.4, 0.5) is 0 Å². The van der Waals surface area contributed by atoms with Crippen LogP contribution in [0.1, 0.15) is 298 Å². The molecule has 0 amide bonds. The molecule has 6 aromatic rings. The Kier molecular flexibility index (Phi) is 29.4. The van der Waals surface area contributed by atoms with E-state index in [0.717, 1.165) is 11.5 Å². The first-order chi connectivity index (χ1) is 32.7. The molecular formula is C62H99N7S. The molecule has 0 spiro atoms. The Hall–Kier alpha value is -4.56. The second-order valence-corrected chi connectivity index (χ2v) is 23.4. The lowest BCUT2D eigenvalue weighted by Crippen LogP contribution is -2.00. The van der Waals surface area contributed by atoms with Crippen LogP contribution in [-0.2, 0) is 0 Å². The number of nitrogens with zero attached hydrogens (tertiary/aromatic N) is 7.